The van der Waals surface area contributed by atoms with Crippen LogP contribution in [-0.2, 0) is 0 Å². The van der Waals surface area contributed by atoms with Crippen molar-refractivity contribution in [2.75, 3.05) is 10.7 Å². The number of nitrogens with one attached hydrogen (secondary N) is 2. The topological polar surface area (TPSA) is 75.9 Å². The van der Waals surface area contributed by atoms with Gasteiger partial charge in [0.05, 0.1) is 5.39 Å². The SMILES string of the molecule is Cc1cc2c(NC3CC3C)nc(NN)nc2s1. The molecule has 1 aliphatic rings. The van der Waals surface area contributed by atoms with Gasteiger partial charge < -0.3 is 5.32 Å². The molecule has 17 heavy (non-hydrogen) atoms. The maximum atomic E-state index is 5.39. The minimum Gasteiger partial charge on any atom is -0.366 e. The van der Waals surface area contributed by atoms with Crippen molar-refractivity contribution in [2.24, 2.45) is 11.8 Å². The van der Waals surface area contributed by atoms with Crippen LogP contribution in [0, 0.1) is 12.8 Å². The Hall–Kier alpha value is -1.40. The number of nitrogens with two attached hydrogens (primary N) is 1. The zero-order valence-corrected chi connectivity index (χ0v) is 10.6. The number of nitrogen functional groups attached to an aromatic ring is 1. The summed E-state index contributed by atoms with van der Waals surface area (Å²) in [4.78, 5) is 11.0. The van der Waals surface area contributed by atoms with Crippen LogP contribution in [0.2, 0.25) is 0 Å². The summed E-state index contributed by atoms with van der Waals surface area (Å²) in [7, 11) is 0. The molecule has 2 aromatic rings. The van der Waals surface area contributed by atoms with Crippen LogP contribution < -0.4 is 16.6 Å². The highest BCUT2D eigenvalue weighted by molar-refractivity contribution is 7.18. The molecule has 2 atom stereocenters. The summed E-state index contributed by atoms with van der Waals surface area (Å²) in [6.45, 7) is 4.31. The second kappa shape index (κ2) is 3.82. The van der Waals surface area contributed by atoms with E-state index >= 15 is 0 Å². The average Bonchev–Trinajstić information content (AvgIpc) is 2.84. The van der Waals surface area contributed by atoms with Crippen LogP contribution in [-0.4, -0.2) is 16.0 Å². The van der Waals surface area contributed by atoms with Crippen molar-refractivity contribution in [2.45, 2.75) is 26.3 Å². The highest BCUT2D eigenvalue weighted by atomic mass is 32.1. The van der Waals surface area contributed by atoms with E-state index in [1.807, 2.05) is 0 Å². The smallest absolute Gasteiger partial charge is 0.240 e. The van der Waals surface area contributed by atoms with Crippen LogP contribution in [0.1, 0.15) is 18.2 Å². The Kier molecular flexibility index (Phi) is 2.41. The first-order valence-electron chi connectivity index (χ1n) is 5.68. The monoisotopic (exact) mass is 249 g/mol. The molecule has 2 aromatic heterocycles. The maximum absolute atomic E-state index is 5.39. The Labute approximate surface area is 103 Å². The van der Waals surface area contributed by atoms with E-state index < -0.39 is 0 Å². The van der Waals surface area contributed by atoms with Gasteiger partial charge in [0.25, 0.3) is 0 Å². The Bertz CT molecular complexity index is 564. The minimum atomic E-state index is 0.468. The van der Waals surface area contributed by atoms with Crippen molar-refractivity contribution >= 4 is 33.3 Å². The molecule has 2 unspecified atom stereocenters. The van der Waals surface area contributed by atoms with Crippen LogP contribution in [0.5, 0.6) is 0 Å². The molecule has 0 aliphatic heterocycles. The first kappa shape index (κ1) is 10.7. The Balaban J connectivity index is 2.06. The van der Waals surface area contributed by atoms with Gasteiger partial charge in [-0.15, -0.1) is 11.3 Å². The molecule has 3 rings (SSSR count). The molecule has 0 spiro atoms. The summed E-state index contributed by atoms with van der Waals surface area (Å²) in [6, 6.07) is 2.66. The molecule has 4 N–H and O–H groups in total. The number of rotatable bonds is 3. The van der Waals surface area contributed by atoms with E-state index in [-0.39, 0.29) is 0 Å². The zero-order valence-electron chi connectivity index (χ0n) is 9.82. The predicted octanol–water partition coefficient (Wildman–Crippen LogP) is 2.11. The van der Waals surface area contributed by atoms with Gasteiger partial charge in [0.1, 0.15) is 10.6 Å². The van der Waals surface area contributed by atoms with Crippen LogP contribution in [0.25, 0.3) is 10.2 Å². The second-order valence-corrected chi connectivity index (χ2v) is 5.81. The molecule has 2 heterocycles. The van der Waals surface area contributed by atoms with E-state index in [0.29, 0.717) is 12.0 Å². The molecular formula is C11H15N5S. The normalized spacial score (nSPS) is 22.8. The number of nitrogens with zero attached hydrogens (tertiary/aromatic N) is 2. The third-order valence-electron chi connectivity index (χ3n) is 3.08. The van der Waals surface area contributed by atoms with Crippen molar-refractivity contribution in [1.29, 1.82) is 0 Å². The van der Waals surface area contributed by atoms with Crippen LogP contribution >= 0.6 is 11.3 Å². The van der Waals surface area contributed by atoms with Gasteiger partial charge in [-0.25, -0.2) is 10.8 Å². The van der Waals surface area contributed by atoms with Gasteiger partial charge in [-0.05, 0) is 25.3 Å². The first-order chi connectivity index (χ1) is 8.17. The quantitative estimate of drug-likeness (QED) is 0.573. The van der Waals surface area contributed by atoms with Crippen molar-refractivity contribution in [3.63, 3.8) is 0 Å². The third-order valence-corrected chi connectivity index (χ3v) is 4.02. The molecule has 6 heteroatoms. The molecule has 1 fully saturated rings. The number of hydrogen-bond acceptors (Lipinski definition) is 6. The molecular weight excluding hydrogens is 234 g/mol. The Morgan fingerprint density at radius 3 is 2.88 bits per heavy atom. The second-order valence-electron chi connectivity index (χ2n) is 4.58. The summed E-state index contributed by atoms with van der Waals surface area (Å²) >= 11 is 1.66. The molecule has 0 amide bonds. The lowest BCUT2D eigenvalue weighted by atomic mass is 10.3. The van der Waals surface area contributed by atoms with Gasteiger partial charge in [-0.2, -0.15) is 4.98 Å². The fourth-order valence-electron chi connectivity index (χ4n) is 1.92. The number of aromatic nitrogens is 2. The molecule has 0 aromatic carbocycles. The Morgan fingerprint density at radius 2 is 2.24 bits per heavy atom. The van der Waals surface area contributed by atoms with Crippen molar-refractivity contribution in [1.82, 2.24) is 9.97 Å². The fraction of sp³-hybridized carbons (Fsp3) is 0.455. The maximum Gasteiger partial charge on any atom is 0.240 e. The fourth-order valence-corrected chi connectivity index (χ4v) is 2.79. The lowest BCUT2D eigenvalue weighted by Crippen LogP contribution is -2.13. The third kappa shape index (κ3) is 1.94. The van der Waals surface area contributed by atoms with Gasteiger partial charge in [0, 0.05) is 10.9 Å². The number of hydrazine groups is 1. The van der Waals surface area contributed by atoms with E-state index in [2.05, 4.69) is 40.6 Å². The number of thiophene rings is 1. The van der Waals surface area contributed by atoms with E-state index in [9.17, 15) is 0 Å². The standard InChI is InChI=1S/C11H15N5S/c1-5-3-8(5)13-9-7-4-6(2)17-10(7)15-11(14-9)16-12/h4-5,8H,3,12H2,1-2H3,(H2,13,14,15,16). The summed E-state index contributed by atoms with van der Waals surface area (Å²) in [5.74, 6) is 7.48. The number of anilines is 2. The molecule has 90 valence electrons. The molecule has 1 aliphatic carbocycles. The van der Waals surface area contributed by atoms with Gasteiger partial charge in [0.2, 0.25) is 5.95 Å². The van der Waals surface area contributed by atoms with E-state index in [4.69, 9.17) is 5.84 Å². The van der Waals surface area contributed by atoms with Gasteiger partial charge >= 0.3 is 0 Å². The molecule has 0 radical (unpaired) electrons. The highest BCUT2D eigenvalue weighted by Gasteiger charge is 2.33. The van der Waals surface area contributed by atoms with E-state index in [0.717, 1.165) is 22.0 Å². The van der Waals surface area contributed by atoms with Gasteiger partial charge in [0.15, 0.2) is 0 Å². The van der Waals surface area contributed by atoms with Crippen molar-refractivity contribution < 1.29 is 0 Å². The van der Waals surface area contributed by atoms with E-state index in [1.54, 1.807) is 11.3 Å². The van der Waals surface area contributed by atoms with Crippen LogP contribution in [0.4, 0.5) is 11.8 Å². The molecule has 5 nitrogen and oxygen atoms in total. The zero-order chi connectivity index (χ0) is 12.0. The number of aryl methyl sites for hydroxylation is 1. The van der Waals surface area contributed by atoms with Crippen LogP contribution in [0.3, 0.4) is 0 Å². The van der Waals surface area contributed by atoms with Crippen LogP contribution in [0.15, 0.2) is 6.07 Å². The van der Waals surface area contributed by atoms with Crippen molar-refractivity contribution in [3.8, 4) is 0 Å². The number of hydrogen-bond donors (Lipinski definition) is 3. The molecule has 1 saturated carbocycles. The summed E-state index contributed by atoms with van der Waals surface area (Å²) in [6.07, 6.45) is 1.21. The van der Waals surface area contributed by atoms with Gasteiger partial charge in [-0.1, -0.05) is 6.92 Å². The van der Waals surface area contributed by atoms with E-state index in [1.165, 1.54) is 11.3 Å². The number of fused-ring (bicyclic) bond motifs is 1. The lowest BCUT2D eigenvalue weighted by Gasteiger charge is -2.07. The largest absolute Gasteiger partial charge is 0.366 e. The Morgan fingerprint density at radius 1 is 1.47 bits per heavy atom. The summed E-state index contributed by atoms with van der Waals surface area (Å²) < 4.78 is 0. The predicted molar refractivity (Wildman–Crippen MR) is 71.2 cm³/mol. The minimum absolute atomic E-state index is 0.468. The highest BCUT2D eigenvalue weighted by Crippen LogP contribution is 2.36. The van der Waals surface area contributed by atoms with Crippen molar-refractivity contribution in [3.05, 3.63) is 10.9 Å². The summed E-state index contributed by atoms with van der Waals surface area (Å²) in [5.41, 5.74) is 2.52. The average molecular weight is 249 g/mol. The molecule has 0 saturated heterocycles. The van der Waals surface area contributed by atoms with Gasteiger partial charge in [-0.3, -0.25) is 5.43 Å². The molecule has 0 bridgehead atoms. The summed E-state index contributed by atoms with van der Waals surface area (Å²) in [5, 5.41) is 4.55. The first-order valence-corrected chi connectivity index (χ1v) is 6.50. The lowest BCUT2D eigenvalue weighted by molar-refractivity contribution is 0.924.